The molecule has 116 valence electrons. The Labute approximate surface area is 129 Å². The van der Waals surface area contributed by atoms with Crippen molar-refractivity contribution in [1.29, 1.82) is 0 Å². The fraction of sp³-hybridized carbons (Fsp3) is 0.417. The van der Waals surface area contributed by atoms with Crippen LogP contribution in [0.3, 0.4) is 0 Å². The second-order valence-electron chi connectivity index (χ2n) is 4.73. The summed E-state index contributed by atoms with van der Waals surface area (Å²) >= 11 is 1.30. The van der Waals surface area contributed by atoms with Crippen LogP contribution in [-0.4, -0.2) is 67.9 Å². The van der Waals surface area contributed by atoms with Gasteiger partial charge in [-0.2, -0.15) is 4.68 Å². The van der Waals surface area contributed by atoms with Gasteiger partial charge in [-0.25, -0.2) is 0 Å². The number of hydrogen-bond acceptors (Lipinski definition) is 7. The molecule has 22 heavy (non-hydrogen) atoms. The number of tetrazole rings is 1. The minimum atomic E-state index is -0.940. The largest absolute Gasteiger partial charge is 0.481 e. The van der Waals surface area contributed by atoms with Crippen LogP contribution >= 0.6 is 11.3 Å². The summed E-state index contributed by atoms with van der Waals surface area (Å²) < 4.78 is 6.81. The highest BCUT2D eigenvalue weighted by Crippen LogP contribution is 2.23. The van der Waals surface area contributed by atoms with Gasteiger partial charge >= 0.3 is 5.97 Å². The molecule has 1 saturated heterocycles. The lowest BCUT2D eigenvalue weighted by Gasteiger charge is -2.32. The number of ether oxygens (including phenoxy) is 1. The Kier molecular flexibility index (Phi) is 4.11. The van der Waals surface area contributed by atoms with Crippen molar-refractivity contribution in [1.82, 2.24) is 25.1 Å². The molecule has 3 heterocycles. The van der Waals surface area contributed by atoms with E-state index in [9.17, 15) is 9.59 Å². The van der Waals surface area contributed by atoms with Gasteiger partial charge in [-0.15, -0.1) is 16.4 Å². The Balaban J connectivity index is 1.77. The van der Waals surface area contributed by atoms with E-state index in [4.69, 9.17) is 9.84 Å². The van der Waals surface area contributed by atoms with Gasteiger partial charge in [-0.05, 0) is 21.9 Å². The second kappa shape index (κ2) is 6.20. The monoisotopic (exact) mass is 323 g/mol. The molecule has 1 amide bonds. The summed E-state index contributed by atoms with van der Waals surface area (Å²) in [5.74, 6) is -1.11. The number of aliphatic carboxylic acids is 1. The zero-order valence-electron chi connectivity index (χ0n) is 11.5. The summed E-state index contributed by atoms with van der Waals surface area (Å²) in [4.78, 5) is 25.6. The van der Waals surface area contributed by atoms with Crippen LogP contribution in [0.25, 0.3) is 5.69 Å². The number of hydrogen-bond donors (Lipinski definition) is 1. The molecule has 1 atom stereocenters. The molecule has 1 unspecified atom stereocenters. The first-order chi connectivity index (χ1) is 10.6. The maximum absolute atomic E-state index is 12.7. The lowest BCUT2D eigenvalue weighted by atomic mass is 10.2. The Hall–Kier alpha value is -2.33. The highest BCUT2D eigenvalue weighted by molar-refractivity contribution is 7.12. The number of amides is 1. The fourth-order valence-electron chi connectivity index (χ4n) is 2.28. The Morgan fingerprint density at radius 2 is 2.36 bits per heavy atom. The summed E-state index contributed by atoms with van der Waals surface area (Å²) in [5, 5.41) is 21.5. The first-order valence-electron chi connectivity index (χ1n) is 6.58. The molecule has 9 nitrogen and oxygen atoms in total. The normalized spacial score (nSPS) is 18.4. The Morgan fingerprint density at radius 1 is 1.50 bits per heavy atom. The maximum atomic E-state index is 12.7. The SMILES string of the molecule is O=C(O)CC1CN(C(=O)c2sccc2-n2cnnn2)CCO1. The lowest BCUT2D eigenvalue weighted by Crippen LogP contribution is -2.46. The molecule has 0 bridgehead atoms. The van der Waals surface area contributed by atoms with E-state index in [1.54, 1.807) is 16.3 Å². The number of morpholine rings is 1. The molecule has 1 fully saturated rings. The Bertz CT molecular complexity index is 671. The number of carboxylic acids is 1. The standard InChI is InChI=1S/C12H13N5O4S/c18-10(19)5-8-6-16(2-3-21-8)12(20)11-9(1-4-22-11)17-7-13-14-15-17/h1,4,7-8H,2-3,5-6H2,(H,18,19). The minimum absolute atomic E-state index is 0.117. The zero-order chi connectivity index (χ0) is 15.5. The highest BCUT2D eigenvalue weighted by atomic mass is 32.1. The van der Waals surface area contributed by atoms with Crippen LogP contribution < -0.4 is 0 Å². The van der Waals surface area contributed by atoms with E-state index in [-0.39, 0.29) is 18.9 Å². The van der Waals surface area contributed by atoms with E-state index in [0.29, 0.717) is 23.7 Å². The average Bonchev–Trinajstić information content (AvgIpc) is 3.16. The van der Waals surface area contributed by atoms with Crippen molar-refractivity contribution in [2.45, 2.75) is 12.5 Å². The van der Waals surface area contributed by atoms with Crippen molar-refractivity contribution < 1.29 is 19.4 Å². The number of carbonyl (C=O) groups is 2. The molecule has 1 aliphatic heterocycles. The fourth-order valence-corrected chi connectivity index (χ4v) is 3.13. The van der Waals surface area contributed by atoms with E-state index < -0.39 is 12.1 Å². The van der Waals surface area contributed by atoms with Gasteiger partial charge in [-0.3, -0.25) is 9.59 Å². The number of thiophene rings is 1. The lowest BCUT2D eigenvalue weighted by molar-refractivity contribution is -0.141. The van der Waals surface area contributed by atoms with E-state index >= 15 is 0 Å². The van der Waals surface area contributed by atoms with Gasteiger partial charge in [0.2, 0.25) is 0 Å². The maximum Gasteiger partial charge on any atom is 0.306 e. The van der Waals surface area contributed by atoms with Crippen molar-refractivity contribution in [2.75, 3.05) is 19.7 Å². The predicted molar refractivity (Wildman–Crippen MR) is 74.9 cm³/mol. The first kappa shape index (κ1) is 14.6. The molecule has 1 N–H and O–H groups in total. The summed E-state index contributed by atoms with van der Waals surface area (Å²) in [6.45, 7) is 1.02. The van der Waals surface area contributed by atoms with Crippen LogP contribution in [0.2, 0.25) is 0 Å². The van der Waals surface area contributed by atoms with E-state index in [1.807, 2.05) is 0 Å². The summed E-state index contributed by atoms with van der Waals surface area (Å²) in [7, 11) is 0. The number of rotatable bonds is 4. The number of aromatic nitrogens is 4. The topological polar surface area (TPSA) is 110 Å². The average molecular weight is 323 g/mol. The number of carbonyl (C=O) groups excluding carboxylic acids is 1. The van der Waals surface area contributed by atoms with Gasteiger partial charge in [0.15, 0.2) is 0 Å². The van der Waals surface area contributed by atoms with Gasteiger partial charge < -0.3 is 14.7 Å². The van der Waals surface area contributed by atoms with Gasteiger partial charge in [0.1, 0.15) is 11.2 Å². The summed E-state index contributed by atoms with van der Waals surface area (Å²) in [6.07, 6.45) is 0.825. The zero-order valence-corrected chi connectivity index (χ0v) is 12.3. The second-order valence-corrected chi connectivity index (χ2v) is 5.65. The van der Waals surface area contributed by atoms with Crippen LogP contribution in [0, 0.1) is 0 Å². The predicted octanol–water partition coefficient (Wildman–Crippen LogP) is 0.0395. The molecule has 0 aromatic carbocycles. The third kappa shape index (κ3) is 2.97. The quantitative estimate of drug-likeness (QED) is 0.845. The van der Waals surface area contributed by atoms with E-state index in [2.05, 4.69) is 15.5 Å². The molecule has 3 rings (SSSR count). The van der Waals surface area contributed by atoms with Crippen LogP contribution in [0.1, 0.15) is 16.1 Å². The van der Waals surface area contributed by atoms with Crippen molar-refractivity contribution in [3.8, 4) is 5.69 Å². The third-order valence-corrected chi connectivity index (χ3v) is 4.15. The van der Waals surface area contributed by atoms with Gasteiger partial charge in [0.25, 0.3) is 5.91 Å². The smallest absolute Gasteiger partial charge is 0.306 e. The number of carboxylic acid groups (broad SMARTS) is 1. The van der Waals surface area contributed by atoms with Crippen molar-refractivity contribution in [3.63, 3.8) is 0 Å². The third-order valence-electron chi connectivity index (χ3n) is 3.26. The van der Waals surface area contributed by atoms with Crippen LogP contribution in [0.15, 0.2) is 17.8 Å². The van der Waals surface area contributed by atoms with Crippen LogP contribution in [-0.2, 0) is 9.53 Å². The van der Waals surface area contributed by atoms with Crippen LogP contribution in [0.4, 0.5) is 0 Å². The molecule has 0 radical (unpaired) electrons. The molecule has 10 heteroatoms. The van der Waals surface area contributed by atoms with Crippen molar-refractivity contribution >= 4 is 23.2 Å². The first-order valence-corrected chi connectivity index (χ1v) is 7.46. The minimum Gasteiger partial charge on any atom is -0.481 e. The molecule has 1 aliphatic rings. The molecule has 2 aromatic heterocycles. The van der Waals surface area contributed by atoms with Gasteiger partial charge in [-0.1, -0.05) is 0 Å². The van der Waals surface area contributed by atoms with Gasteiger partial charge in [0, 0.05) is 13.1 Å². The molecule has 0 spiro atoms. The molecule has 0 saturated carbocycles. The molecule has 0 aliphatic carbocycles. The van der Waals surface area contributed by atoms with E-state index in [0.717, 1.165) is 0 Å². The molecule has 2 aromatic rings. The number of nitrogens with zero attached hydrogens (tertiary/aromatic N) is 5. The Morgan fingerprint density at radius 3 is 3.09 bits per heavy atom. The van der Waals surface area contributed by atoms with Crippen molar-refractivity contribution in [2.24, 2.45) is 0 Å². The molecular weight excluding hydrogens is 310 g/mol. The highest BCUT2D eigenvalue weighted by Gasteiger charge is 2.28. The van der Waals surface area contributed by atoms with Gasteiger partial charge in [0.05, 0.1) is 24.8 Å². The van der Waals surface area contributed by atoms with Crippen molar-refractivity contribution in [3.05, 3.63) is 22.7 Å². The van der Waals surface area contributed by atoms with Crippen LogP contribution in [0.5, 0.6) is 0 Å². The molecular formula is C12H13N5O4S. The summed E-state index contributed by atoms with van der Waals surface area (Å²) in [6, 6.07) is 1.77. The summed E-state index contributed by atoms with van der Waals surface area (Å²) in [5.41, 5.74) is 0.612. The van der Waals surface area contributed by atoms with E-state index in [1.165, 1.54) is 22.3 Å².